The first-order chi connectivity index (χ1) is 9.19. The number of aryl methyl sites for hydroxylation is 1. The maximum absolute atomic E-state index is 10.9. The second-order valence-electron chi connectivity index (χ2n) is 3.89. The zero-order valence-corrected chi connectivity index (χ0v) is 10.7. The molecule has 0 atom stereocenters. The van der Waals surface area contributed by atoms with Crippen LogP contribution in [0.1, 0.15) is 23.0 Å². The highest BCUT2D eigenvalue weighted by Crippen LogP contribution is 2.25. The van der Waals surface area contributed by atoms with Gasteiger partial charge in [-0.3, -0.25) is 0 Å². The van der Waals surface area contributed by atoms with Crippen LogP contribution in [0.15, 0.2) is 12.3 Å². The Morgan fingerprint density at radius 3 is 3.11 bits per heavy atom. The molecule has 0 aliphatic rings. The van der Waals surface area contributed by atoms with Gasteiger partial charge in [-0.15, -0.1) is 5.10 Å². The Hall–Kier alpha value is -2.35. The number of rotatable bonds is 3. The van der Waals surface area contributed by atoms with E-state index in [0.29, 0.717) is 17.0 Å². The average molecular weight is 275 g/mol. The molecule has 0 aromatic carbocycles. The van der Waals surface area contributed by atoms with Gasteiger partial charge in [-0.2, -0.15) is 0 Å². The van der Waals surface area contributed by atoms with E-state index in [4.69, 9.17) is 5.11 Å². The summed E-state index contributed by atoms with van der Waals surface area (Å²) in [5, 5.41) is 12.9. The van der Waals surface area contributed by atoms with Gasteiger partial charge in [-0.1, -0.05) is 11.4 Å². The molecule has 0 amide bonds. The standard InChI is InChI=1S/C11H9N5O2S/c1-2-6-8(19-16-15-6)10-13-7-3-5(11(17)18)4-12-9(7)14-10/h3-4H,2H2,1H3,(H,17,18)(H,12,13,14). The van der Waals surface area contributed by atoms with Gasteiger partial charge in [0.1, 0.15) is 4.88 Å². The minimum Gasteiger partial charge on any atom is -0.478 e. The van der Waals surface area contributed by atoms with E-state index in [2.05, 4.69) is 24.5 Å². The monoisotopic (exact) mass is 275 g/mol. The molecule has 96 valence electrons. The summed E-state index contributed by atoms with van der Waals surface area (Å²) in [6.07, 6.45) is 2.05. The Morgan fingerprint density at radius 1 is 1.53 bits per heavy atom. The van der Waals surface area contributed by atoms with Crippen LogP contribution in [0.2, 0.25) is 0 Å². The van der Waals surface area contributed by atoms with Crippen molar-refractivity contribution >= 4 is 28.7 Å². The molecule has 0 bridgehead atoms. The van der Waals surface area contributed by atoms with Crippen LogP contribution >= 0.6 is 11.5 Å². The second kappa shape index (κ2) is 4.39. The fourth-order valence-electron chi connectivity index (χ4n) is 1.74. The van der Waals surface area contributed by atoms with Crippen molar-refractivity contribution in [3.8, 4) is 10.7 Å². The van der Waals surface area contributed by atoms with Crippen molar-refractivity contribution in [2.45, 2.75) is 13.3 Å². The zero-order valence-electron chi connectivity index (χ0n) is 9.91. The summed E-state index contributed by atoms with van der Waals surface area (Å²) in [5.74, 6) is -0.392. The lowest BCUT2D eigenvalue weighted by Gasteiger charge is -1.92. The van der Waals surface area contributed by atoms with E-state index in [9.17, 15) is 4.79 Å². The summed E-state index contributed by atoms with van der Waals surface area (Å²) in [5.41, 5.74) is 2.06. The summed E-state index contributed by atoms with van der Waals surface area (Å²) in [4.78, 5) is 23.2. The highest BCUT2D eigenvalue weighted by Gasteiger charge is 2.14. The highest BCUT2D eigenvalue weighted by molar-refractivity contribution is 7.09. The number of aromatic carboxylic acids is 1. The van der Waals surface area contributed by atoms with Crippen LogP contribution in [0.25, 0.3) is 21.9 Å². The van der Waals surface area contributed by atoms with Gasteiger partial charge in [0.05, 0.1) is 16.8 Å². The van der Waals surface area contributed by atoms with E-state index in [1.165, 1.54) is 23.8 Å². The lowest BCUT2D eigenvalue weighted by molar-refractivity contribution is 0.0696. The number of hydrogen-bond donors (Lipinski definition) is 2. The number of imidazole rings is 1. The maximum atomic E-state index is 10.9. The number of nitrogens with one attached hydrogen (secondary N) is 1. The van der Waals surface area contributed by atoms with Crippen molar-refractivity contribution in [3.63, 3.8) is 0 Å². The largest absolute Gasteiger partial charge is 0.478 e. The average Bonchev–Trinajstić information content (AvgIpc) is 3.03. The van der Waals surface area contributed by atoms with E-state index >= 15 is 0 Å². The quantitative estimate of drug-likeness (QED) is 0.754. The van der Waals surface area contributed by atoms with Gasteiger partial charge in [0.2, 0.25) is 0 Å². The molecular formula is C11H9N5O2S. The number of aromatic amines is 1. The van der Waals surface area contributed by atoms with Crippen LogP contribution in [0.5, 0.6) is 0 Å². The molecule has 3 aromatic heterocycles. The molecule has 2 N–H and O–H groups in total. The summed E-state index contributed by atoms with van der Waals surface area (Å²) < 4.78 is 3.90. The number of aromatic nitrogens is 5. The van der Waals surface area contributed by atoms with Gasteiger partial charge < -0.3 is 10.1 Å². The Labute approximate surface area is 111 Å². The topological polar surface area (TPSA) is 105 Å². The number of carboxylic acids is 1. The summed E-state index contributed by atoms with van der Waals surface area (Å²) in [6.45, 7) is 1.99. The van der Waals surface area contributed by atoms with Crippen molar-refractivity contribution in [2.24, 2.45) is 0 Å². The van der Waals surface area contributed by atoms with E-state index < -0.39 is 5.97 Å². The number of hydrogen-bond acceptors (Lipinski definition) is 6. The fourth-order valence-corrected chi connectivity index (χ4v) is 2.44. The molecule has 0 aliphatic heterocycles. The smallest absolute Gasteiger partial charge is 0.337 e. The lowest BCUT2D eigenvalue weighted by Crippen LogP contribution is -1.96. The molecule has 3 rings (SSSR count). The predicted molar refractivity (Wildman–Crippen MR) is 69.1 cm³/mol. The third kappa shape index (κ3) is 1.95. The molecular weight excluding hydrogens is 266 g/mol. The van der Waals surface area contributed by atoms with E-state index in [-0.39, 0.29) is 5.56 Å². The Bertz CT molecular complexity index is 763. The molecule has 0 unspecified atom stereocenters. The normalized spacial score (nSPS) is 11.0. The number of carboxylic acid groups (broad SMARTS) is 1. The fraction of sp³-hybridized carbons (Fsp3) is 0.182. The molecule has 3 aromatic rings. The first kappa shape index (κ1) is 11.7. The number of pyridine rings is 1. The van der Waals surface area contributed by atoms with Crippen LogP contribution in [0.3, 0.4) is 0 Å². The minimum absolute atomic E-state index is 0.126. The predicted octanol–water partition coefficient (Wildman–Crippen LogP) is 1.74. The van der Waals surface area contributed by atoms with Crippen LogP contribution < -0.4 is 0 Å². The van der Waals surface area contributed by atoms with Crippen LogP contribution in [-0.2, 0) is 6.42 Å². The Balaban J connectivity index is 2.14. The lowest BCUT2D eigenvalue weighted by atomic mass is 10.3. The molecule has 0 aliphatic carbocycles. The van der Waals surface area contributed by atoms with Crippen molar-refractivity contribution < 1.29 is 9.90 Å². The third-order valence-electron chi connectivity index (χ3n) is 2.69. The van der Waals surface area contributed by atoms with Gasteiger partial charge in [0.15, 0.2) is 11.5 Å². The molecule has 0 spiro atoms. The maximum Gasteiger partial charge on any atom is 0.337 e. The summed E-state index contributed by atoms with van der Waals surface area (Å²) in [6, 6.07) is 1.52. The first-order valence-electron chi connectivity index (χ1n) is 5.59. The molecule has 8 heteroatoms. The summed E-state index contributed by atoms with van der Waals surface area (Å²) in [7, 11) is 0. The van der Waals surface area contributed by atoms with E-state index in [0.717, 1.165) is 17.0 Å². The van der Waals surface area contributed by atoms with Crippen molar-refractivity contribution in [3.05, 3.63) is 23.5 Å². The van der Waals surface area contributed by atoms with Crippen LogP contribution in [-0.4, -0.2) is 35.6 Å². The number of H-pyrrole nitrogens is 1. The van der Waals surface area contributed by atoms with Gasteiger partial charge >= 0.3 is 5.97 Å². The zero-order chi connectivity index (χ0) is 13.4. The van der Waals surface area contributed by atoms with Gasteiger partial charge in [-0.05, 0) is 24.0 Å². The SMILES string of the molecule is CCc1nnsc1-c1nc2ncc(C(=O)O)cc2[nH]1. The molecule has 0 saturated carbocycles. The first-order valence-corrected chi connectivity index (χ1v) is 6.37. The van der Waals surface area contributed by atoms with E-state index in [1.807, 2.05) is 6.92 Å². The number of carbonyl (C=O) groups is 1. The van der Waals surface area contributed by atoms with Gasteiger partial charge in [0.25, 0.3) is 0 Å². The van der Waals surface area contributed by atoms with Gasteiger partial charge in [0, 0.05) is 6.20 Å². The second-order valence-corrected chi connectivity index (χ2v) is 4.64. The molecule has 0 fully saturated rings. The van der Waals surface area contributed by atoms with E-state index in [1.54, 1.807) is 0 Å². The third-order valence-corrected chi connectivity index (χ3v) is 3.46. The van der Waals surface area contributed by atoms with Crippen molar-refractivity contribution in [1.29, 1.82) is 0 Å². The minimum atomic E-state index is -1.01. The van der Waals surface area contributed by atoms with Crippen molar-refractivity contribution in [1.82, 2.24) is 24.5 Å². The van der Waals surface area contributed by atoms with Gasteiger partial charge in [-0.25, -0.2) is 14.8 Å². The number of nitrogens with zero attached hydrogens (tertiary/aromatic N) is 4. The molecule has 19 heavy (non-hydrogen) atoms. The van der Waals surface area contributed by atoms with Crippen LogP contribution in [0.4, 0.5) is 0 Å². The molecule has 3 heterocycles. The highest BCUT2D eigenvalue weighted by atomic mass is 32.1. The molecule has 0 saturated heterocycles. The van der Waals surface area contributed by atoms with Crippen molar-refractivity contribution in [2.75, 3.05) is 0 Å². The Morgan fingerprint density at radius 2 is 2.37 bits per heavy atom. The summed E-state index contributed by atoms with van der Waals surface area (Å²) >= 11 is 1.25. The number of fused-ring (bicyclic) bond motifs is 1. The van der Waals surface area contributed by atoms with Crippen LogP contribution in [0, 0.1) is 0 Å². The Kier molecular flexibility index (Phi) is 2.71. The molecule has 7 nitrogen and oxygen atoms in total. The molecule has 0 radical (unpaired) electrons.